The predicted molar refractivity (Wildman–Crippen MR) is 116 cm³/mol. The van der Waals surface area contributed by atoms with Gasteiger partial charge in [0.25, 0.3) is 5.91 Å². The molecule has 2 aromatic heterocycles. The summed E-state index contributed by atoms with van der Waals surface area (Å²) in [6.45, 7) is 0. The average Bonchev–Trinajstić information content (AvgIpc) is 3.35. The minimum atomic E-state index is -4.13. The normalized spacial score (nSPS) is 15.4. The zero-order valence-electron chi connectivity index (χ0n) is 16.1. The first-order chi connectivity index (χ1) is 14.7. The first-order valence-electron chi connectivity index (χ1n) is 8.67. The maximum absolute atomic E-state index is 13.4. The van der Waals surface area contributed by atoms with Crippen molar-refractivity contribution < 1.29 is 17.6 Å². The van der Waals surface area contributed by atoms with E-state index < -0.39 is 21.9 Å². The standard InChI is InChI=1S/C18H14ClFN6O3S2/c1-25-17(21-9-22-25)16-6-5-15(30-16)13-8-14(26(2)31(28,29)24-13)18(27)23-10-3-4-12(20)11(19)7-10/h3-9H,1-2H3,(H,23,27). The summed E-state index contributed by atoms with van der Waals surface area (Å²) < 4.78 is 44.6. The van der Waals surface area contributed by atoms with Crippen LogP contribution in [0.3, 0.4) is 0 Å². The Kier molecular flexibility index (Phi) is 5.37. The molecule has 0 fully saturated rings. The molecule has 0 aliphatic carbocycles. The summed E-state index contributed by atoms with van der Waals surface area (Å²) in [5, 5.41) is 6.36. The molecule has 0 radical (unpaired) electrons. The fourth-order valence-electron chi connectivity index (χ4n) is 2.77. The van der Waals surface area contributed by atoms with Gasteiger partial charge in [0.15, 0.2) is 5.82 Å². The molecule has 4 rings (SSSR count). The van der Waals surface area contributed by atoms with E-state index in [0.29, 0.717) is 10.7 Å². The van der Waals surface area contributed by atoms with Crippen LogP contribution in [-0.4, -0.2) is 46.2 Å². The highest BCUT2D eigenvalue weighted by atomic mass is 35.5. The van der Waals surface area contributed by atoms with Gasteiger partial charge in [-0.3, -0.25) is 4.79 Å². The summed E-state index contributed by atoms with van der Waals surface area (Å²) in [7, 11) is -1.17. The maximum Gasteiger partial charge on any atom is 0.345 e. The van der Waals surface area contributed by atoms with Gasteiger partial charge < -0.3 is 5.32 Å². The number of halogens is 2. The summed E-state index contributed by atoms with van der Waals surface area (Å²) in [6, 6.07) is 7.11. The van der Waals surface area contributed by atoms with Crippen LogP contribution < -0.4 is 5.32 Å². The van der Waals surface area contributed by atoms with Crippen LogP contribution in [0.4, 0.5) is 10.1 Å². The van der Waals surface area contributed by atoms with Gasteiger partial charge in [0, 0.05) is 19.8 Å². The third-order valence-electron chi connectivity index (χ3n) is 4.37. The molecule has 0 saturated carbocycles. The molecule has 9 nitrogen and oxygen atoms in total. The summed E-state index contributed by atoms with van der Waals surface area (Å²) in [5.41, 5.74) is 0.172. The van der Waals surface area contributed by atoms with E-state index in [9.17, 15) is 17.6 Å². The van der Waals surface area contributed by atoms with Crippen molar-refractivity contribution >= 4 is 50.5 Å². The van der Waals surface area contributed by atoms with Gasteiger partial charge in [-0.15, -0.1) is 15.7 Å². The van der Waals surface area contributed by atoms with Crippen LogP contribution >= 0.6 is 22.9 Å². The van der Waals surface area contributed by atoms with E-state index in [2.05, 4.69) is 19.8 Å². The lowest BCUT2D eigenvalue weighted by Gasteiger charge is -2.23. The minimum Gasteiger partial charge on any atom is -0.321 e. The monoisotopic (exact) mass is 480 g/mol. The molecule has 1 aliphatic heterocycles. The molecule has 0 spiro atoms. The Hall–Kier alpha value is -3.09. The third kappa shape index (κ3) is 4.09. The van der Waals surface area contributed by atoms with Crippen LogP contribution in [0.15, 0.2) is 52.8 Å². The fourth-order valence-corrected chi connectivity index (χ4v) is 4.90. The number of aryl methyl sites for hydroxylation is 1. The molecule has 1 aliphatic rings. The van der Waals surface area contributed by atoms with E-state index in [-0.39, 0.29) is 22.1 Å². The van der Waals surface area contributed by atoms with Gasteiger partial charge in [-0.1, -0.05) is 11.6 Å². The number of thiophene rings is 1. The van der Waals surface area contributed by atoms with E-state index in [4.69, 9.17) is 11.6 Å². The Bertz CT molecular complexity index is 1360. The van der Waals surface area contributed by atoms with E-state index in [1.807, 2.05) is 0 Å². The van der Waals surface area contributed by atoms with Crippen LogP contribution in [0.2, 0.25) is 5.02 Å². The Morgan fingerprint density at radius 3 is 2.61 bits per heavy atom. The lowest BCUT2D eigenvalue weighted by atomic mass is 10.2. The second-order valence-electron chi connectivity index (χ2n) is 6.41. The summed E-state index contributed by atoms with van der Waals surface area (Å²) in [4.78, 5) is 18.2. The highest BCUT2D eigenvalue weighted by Crippen LogP contribution is 2.29. The number of carbonyl (C=O) groups is 1. The van der Waals surface area contributed by atoms with E-state index >= 15 is 0 Å². The highest BCUT2D eigenvalue weighted by molar-refractivity contribution is 7.88. The zero-order valence-corrected chi connectivity index (χ0v) is 18.5. The maximum atomic E-state index is 13.4. The second kappa shape index (κ2) is 7.87. The number of allylic oxidation sites excluding steroid dienone is 1. The molecule has 0 bridgehead atoms. The molecule has 31 heavy (non-hydrogen) atoms. The van der Waals surface area contributed by atoms with Crippen LogP contribution in [0.25, 0.3) is 10.7 Å². The Labute approximate surface area is 185 Å². The summed E-state index contributed by atoms with van der Waals surface area (Å²) >= 11 is 7.00. The predicted octanol–water partition coefficient (Wildman–Crippen LogP) is 2.84. The van der Waals surface area contributed by atoms with E-state index in [0.717, 1.165) is 15.2 Å². The van der Waals surface area contributed by atoms with Crippen molar-refractivity contribution in [2.24, 2.45) is 11.4 Å². The molecule has 160 valence electrons. The van der Waals surface area contributed by atoms with Crippen molar-refractivity contribution in [1.29, 1.82) is 0 Å². The topological polar surface area (TPSA) is 110 Å². The average molecular weight is 481 g/mol. The third-order valence-corrected chi connectivity index (χ3v) is 7.08. The molecule has 0 unspecified atom stereocenters. The van der Waals surface area contributed by atoms with Crippen LogP contribution in [-0.2, 0) is 22.1 Å². The van der Waals surface area contributed by atoms with Gasteiger partial charge in [-0.05, 0) is 36.4 Å². The highest BCUT2D eigenvalue weighted by Gasteiger charge is 2.30. The number of amides is 1. The van der Waals surface area contributed by atoms with Crippen LogP contribution in [0.5, 0.6) is 0 Å². The van der Waals surface area contributed by atoms with Gasteiger partial charge in [-0.25, -0.2) is 18.4 Å². The van der Waals surface area contributed by atoms with Crippen molar-refractivity contribution in [3.8, 4) is 10.7 Å². The van der Waals surface area contributed by atoms with Crippen molar-refractivity contribution in [1.82, 2.24) is 19.1 Å². The van der Waals surface area contributed by atoms with Crippen molar-refractivity contribution in [2.45, 2.75) is 0 Å². The molecular formula is C18H14ClFN6O3S2. The number of nitrogens with zero attached hydrogens (tertiary/aromatic N) is 5. The van der Waals surface area contributed by atoms with Crippen molar-refractivity contribution in [3.05, 3.63) is 64.1 Å². The Balaban J connectivity index is 1.67. The number of benzene rings is 1. The molecule has 3 heterocycles. The van der Waals surface area contributed by atoms with E-state index in [1.165, 1.54) is 42.9 Å². The first-order valence-corrected chi connectivity index (χ1v) is 11.3. The molecule has 0 atom stereocenters. The van der Waals surface area contributed by atoms with Crippen LogP contribution in [0.1, 0.15) is 4.88 Å². The summed E-state index contributed by atoms with van der Waals surface area (Å²) in [5.74, 6) is -0.740. The molecule has 1 aromatic carbocycles. The van der Waals surface area contributed by atoms with E-state index in [1.54, 1.807) is 23.9 Å². The van der Waals surface area contributed by atoms with Crippen LogP contribution in [0, 0.1) is 5.82 Å². The number of hydrogen-bond acceptors (Lipinski definition) is 6. The lowest BCUT2D eigenvalue weighted by molar-refractivity contribution is -0.113. The van der Waals surface area contributed by atoms with Gasteiger partial charge in [-0.2, -0.15) is 13.5 Å². The Morgan fingerprint density at radius 2 is 1.94 bits per heavy atom. The lowest BCUT2D eigenvalue weighted by Crippen LogP contribution is -2.35. The van der Waals surface area contributed by atoms with Crippen molar-refractivity contribution in [3.63, 3.8) is 0 Å². The largest absolute Gasteiger partial charge is 0.345 e. The fraction of sp³-hybridized carbons (Fsp3) is 0.111. The minimum absolute atomic E-state index is 0.110. The smallest absolute Gasteiger partial charge is 0.321 e. The second-order valence-corrected chi connectivity index (χ2v) is 9.52. The number of carbonyl (C=O) groups excluding carboxylic acids is 1. The zero-order chi connectivity index (χ0) is 22.3. The number of hydrogen-bond donors (Lipinski definition) is 1. The summed E-state index contributed by atoms with van der Waals surface area (Å²) in [6.07, 6.45) is 2.78. The first kappa shape index (κ1) is 21.2. The number of anilines is 1. The molecule has 1 amide bonds. The number of aromatic nitrogens is 3. The number of likely N-dealkylation sites (N-methyl/N-ethyl adjacent to an activating group) is 1. The molecule has 3 aromatic rings. The van der Waals surface area contributed by atoms with Gasteiger partial charge >= 0.3 is 10.2 Å². The molecular weight excluding hydrogens is 467 g/mol. The number of rotatable bonds is 4. The number of nitrogens with one attached hydrogen (secondary N) is 1. The van der Waals surface area contributed by atoms with Gasteiger partial charge in [0.2, 0.25) is 0 Å². The van der Waals surface area contributed by atoms with Crippen molar-refractivity contribution in [2.75, 3.05) is 12.4 Å². The SMILES string of the molecule is CN1C(C(=O)Nc2ccc(F)c(Cl)c2)=CC(c2ccc(-c3ncnn3C)s2)=NS1(=O)=O. The Morgan fingerprint density at radius 1 is 1.19 bits per heavy atom. The van der Waals surface area contributed by atoms with Gasteiger partial charge in [0.1, 0.15) is 17.8 Å². The van der Waals surface area contributed by atoms with Gasteiger partial charge in [0.05, 0.1) is 20.5 Å². The molecule has 13 heteroatoms. The molecule has 0 saturated heterocycles. The quantitative estimate of drug-likeness (QED) is 0.617. The molecule has 1 N–H and O–H groups in total.